The zero-order valence-electron chi connectivity index (χ0n) is 12.1. The molecule has 0 radical (unpaired) electrons. The smallest absolute Gasteiger partial charge is 0.490 e. The maximum atomic E-state index is 10.6. The number of rotatable bonds is 2. The molecule has 2 N–H and O–H groups in total. The number of nitrogens with zero attached hydrogens (tertiary/aromatic N) is 1. The molecule has 2 heterocycles. The van der Waals surface area contributed by atoms with Crippen molar-refractivity contribution in [1.82, 2.24) is 5.32 Å². The lowest BCUT2D eigenvalue weighted by atomic mass is 9.95. The van der Waals surface area contributed by atoms with E-state index in [2.05, 4.69) is 10.5 Å². The molecule has 2 aliphatic heterocycles. The molecule has 2 aliphatic rings. The largest absolute Gasteiger partial charge is 0.497 e. The van der Waals surface area contributed by atoms with Crippen LogP contribution in [0.2, 0.25) is 0 Å². The van der Waals surface area contributed by atoms with Crippen molar-refractivity contribution < 1.29 is 32.6 Å². The van der Waals surface area contributed by atoms with Crippen molar-refractivity contribution in [2.45, 2.75) is 12.3 Å². The summed E-state index contributed by atoms with van der Waals surface area (Å²) in [4.78, 5) is 14.3. The first kappa shape index (κ1) is 17.1. The molecular weight excluding hydrogens is 317 g/mol. The Morgan fingerprint density at radius 2 is 1.96 bits per heavy atom. The summed E-state index contributed by atoms with van der Waals surface area (Å²) in [5.74, 6) is -1.50. The number of fused-ring (bicyclic) bond motifs is 1. The van der Waals surface area contributed by atoms with Crippen molar-refractivity contribution in [2.24, 2.45) is 11.1 Å². The minimum absolute atomic E-state index is 0.220. The van der Waals surface area contributed by atoms with Gasteiger partial charge in [0.25, 0.3) is 0 Å². The van der Waals surface area contributed by atoms with Crippen molar-refractivity contribution in [3.05, 3.63) is 29.8 Å². The van der Waals surface area contributed by atoms with Crippen molar-refractivity contribution in [3.8, 4) is 5.75 Å². The molecule has 9 heteroatoms. The average molecular weight is 332 g/mol. The van der Waals surface area contributed by atoms with Crippen LogP contribution in [-0.2, 0) is 9.63 Å². The highest BCUT2D eigenvalue weighted by Gasteiger charge is 2.39. The number of oxime groups is 1. The quantitative estimate of drug-likeness (QED) is 0.861. The molecule has 2 atom stereocenters. The standard InChI is InChI=1S/C12H14N2O2.C2HF3O2/c1-15-9-4-2-8(3-5-9)12-10-6-13-7-11(10)16-14-12;3-2(4,5)1(6)7/h2-5,10-11,13H,6-7H2,1H3;(H,6,7)/t10-,11+;/m1./s1. The van der Waals surface area contributed by atoms with Crippen LogP contribution in [0.1, 0.15) is 5.56 Å². The molecule has 1 aromatic rings. The Morgan fingerprint density at radius 3 is 2.48 bits per heavy atom. The van der Waals surface area contributed by atoms with Gasteiger partial charge < -0.3 is 20.0 Å². The van der Waals surface area contributed by atoms with Crippen LogP contribution in [0.25, 0.3) is 0 Å². The summed E-state index contributed by atoms with van der Waals surface area (Å²) < 4.78 is 36.9. The van der Waals surface area contributed by atoms with Crippen molar-refractivity contribution in [2.75, 3.05) is 20.2 Å². The second-order valence-electron chi connectivity index (χ2n) is 4.92. The van der Waals surface area contributed by atoms with Gasteiger partial charge in [-0.2, -0.15) is 13.2 Å². The van der Waals surface area contributed by atoms with Gasteiger partial charge >= 0.3 is 12.1 Å². The molecule has 0 bridgehead atoms. The highest BCUT2D eigenvalue weighted by atomic mass is 19.4. The predicted octanol–water partition coefficient (Wildman–Crippen LogP) is 1.65. The molecular formula is C14H15F3N2O4. The first-order chi connectivity index (χ1) is 10.8. The number of benzene rings is 1. The van der Waals surface area contributed by atoms with Crippen molar-refractivity contribution in [3.63, 3.8) is 0 Å². The van der Waals surface area contributed by atoms with Gasteiger partial charge in [0.15, 0.2) is 0 Å². The number of methoxy groups -OCH3 is 1. The molecule has 6 nitrogen and oxygen atoms in total. The van der Waals surface area contributed by atoms with E-state index in [1.165, 1.54) is 0 Å². The Balaban J connectivity index is 0.000000236. The van der Waals surface area contributed by atoms with Gasteiger partial charge in [-0.3, -0.25) is 0 Å². The molecule has 1 aromatic carbocycles. The van der Waals surface area contributed by atoms with Gasteiger partial charge in [0.2, 0.25) is 0 Å². The fourth-order valence-corrected chi connectivity index (χ4v) is 2.26. The van der Waals surface area contributed by atoms with E-state index in [1.807, 2.05) is 24.3 Å². The van der Waals surface area contributed by atoms with Crippen LogP contribution in [0.15, 0.2) is 29.4 Å². The lowest BCUT2D eigenvalue weighted by molar-refractivity contribution is -0.192. The van der Waals surface area contributed by atoms with Gasteiger partial charge in [-0.1, -0.05) is 5.16 Å². The topological polar surface area (TPSA) is 80.2 Å². The number of carboxylic acids is 1. The monoisotopic (exact) mass is 332 g/mol. The molecule has 1 saturated heterocycles. The van der Waals surface area contributed by atoms with Crippen LogP contribution in [0, 0.1) is 5.92 Å². The number of hydrogen-bond donors (Lipinski definition) is 2. The molecule has 0 amide bonds. The van der Waals surface area contributed by atoms with Gasteiger partial charge in [0.05, 0.1) is 18.7 Å². The second-order valence-corrected chi connectivity index (χ2v) is 4.92. The molecule has 23 heavy (non-hydrogen) atoms. The van der Waals surface area contributed by atoms with Crippen molar-refractivity contribution >= 4 is 11.7 Å². The zero-order chi connectivity index (χ0) is 17.0. The van der Waals surface area contributed by atoms with Crippen LogP contribution in [0.3, 0.4) is 0 Å². The van der Waals surface area contributed by atoms with Crippen LogP contribution in [0.5, 0.6) is 5.75 Å². The highest BCUT2D eigenvalue weighted by molar-refractivity contribution is 6.03. The summed E-state index contributed by atoms with van der Waals surface area (Å²) >= 11 is 0. The highest BCUT2D eigenvalue weighted by Crippen LogP contribution is 2.26. The summed E-state index contributed by atoms with van der Waals surface area (Å²) in [7, 11) is 1.67. The molecule has 1 fully saturated rings. The maximum Gasteiger partial charge on any atom is 0.490 e. The number of carbonyl (C=O) groups is 1. The van der Waals surface area contributed by atoms with E-state index in [-0.39, 0.29) is 6.10 Å². The Labute approximate surface area is 129 Å². The van der Waals surface area contributed by atoms with E-state index >= 15 is 0 Å². The van der Waals surface area contributed by atoms with E-state index in [1.54, 1.807) is 7.11 Å². The van der Waals surface area contributed by atoms with E-state index in [0.29, 0.717) is 5.92 Å². The molecule has 0 saturated carbocycles. The zero-order valence-corrected chi connectivity index (χ0v) is 12.1. The Kier molecular flexibility index (Phi) is 5.09. The summed E-state index contributed by atoms with van der Waals surface area (Å²) in [6, 6.07) is 7.96. The van der Waals surface area contributed by atoms with Gasteiger partial charge in [-0.05, 0) is 24.3 Å². The molecule has 0 spiro atoms. The molecule has 0 aliphatic carbocycles. The predicted molar refractivity (Wildman–Crippen MR) is 74.5 cm³/mol. The fourth-order valence-electron chi connectivity index (χ4n) is 2.26. The molecule has 0 unspecified atom stereocenters. The lowest BCUT2D eigenvalue weighted by Gasteiger charge is -2.08. The van der Waals surface area contributed by atoms with Gasteiger partial charge in [0.1, 0.15) is 11.9 Å². The summed E-state index contributed by atoms with van der Waals surface area (Å²) in [6.45, 7) is 1.85. The number of aliphatic carboxylic acids is 1. The number of carboxylic acid groups (broad SMARTS) is 1. The summed E-state index contributed by atoms with van der Waals surface area (Å²) in [5, 5.41) is 14.6. The maximum absolute atomic E-state index is 10.6. The van der Waals surface area contributed by atoms with Gasteiger partial charge in [-0.15, -0.1) is 0 Å². The first-order valence-electron chi connectivity index (χ1n) is 6.72. The van der Waals surface area contributed by atoms with Gasteiger partial charge in [-0.25, -0.2) is 4.79 Å². The molecule has 126 valence electrons. The first-order valence-corrected chi connectivity index (χ1v) is 6.72. The number of nitrogens with one attached hydrogen (secondary N) is 1. The van der Waals surface area contributed by atoms with E-state index in [0.717, 1.165) is 30.1 Å². The third-order valence-electron chi connectivity index (χ3n) is 3.42. The minimum atomic E-state index is -5.08. The van der Waals surface area contributed by atoms with E-state index in [4.69, 9.17) is 19.5 Å². The third-order valence-corrected chi connectivity index (χ3v) is 3.42. The molecule has 3 rings (SSSR count). The Bertz CT molecular complexity index is 587. The lowest BCUT2D eigenvalue weighted by Crippen LogP contribution is -2.21. The minimum Gasteiger partial charge on any atom is -0.497 e. The van der Waals surface area contributed by atoms with Crippen LogP contribution < -0.4 is 10.1 Å². The number of ether oxygens (including phenoxy) is 1. The van der Waals surface area contributed by atoms with Crippen LogP contribution in [-0.4, -0.2) is 49.3 Å². The van der Waals surface area contributed by atoms with Crippen LogP contribution >= 0.6 is 0 Å². The van der Waals surface area contributed by atoms with Gasteiger partial charge in [0, 0.05) is 18.7 Å². The normalized spacial score (nSPS) is 22.3. The third kappa shape index (κ3) is 4.13. The number of halogens is 3. The Morgan fingerprint density at radius 1 is 1.35 bits per heavy atom. The summed E-state index contributed by atoms with van der Waals surface area (Å²) in [5.41, 5.74) is 2.18. The SMILES string of the molecule is COc1ccc(C2=NO[C@H]3CNC[C@@H]23)cc1.O=C(O)C(F)(F)F. The van der Waals surface area contributed by atoms with Crippen molar-refractivity contribution in [1.29, 1.82) is 0 Å². The Hall–Kier alpha value is -2.29. The number of alkyl halides is 3. The van der Waals surface area contributed by atoms with E-state index < -0.39 is 12.1 Å². The van der Waals surface area contributed by atoms with E-state index in [9.17, 15) is 13.2 Å². The fraction of sp³-hybridized carbons (Fsp3) is 0.429. The second kappa shape index (κ2) is 6.86. The molecule has 0 aromatic heterocycles. The summed E-state index contributed by atoms with van der Waals surface area (Å²) in [6.07, 6.45) is -4.86. The van der Waals surface area contributed by atoms with Crippen LogP contribution in [0.4, 0.5) is 13.2 Å². The number of hydrogen-bond acceptors (Lipinski definition) is 5. The average Bonchev–Trinajstić information content (AvgIpc) is 3.10.